The van der Waals surface area contributed by atoms with Gasteiger partial charge in [0, 0.05) is 11.1 Å². The highest BCUT2D eigenvalue weighted by atomic mass is 32.2. The van der Waals surface area contributed by atoms with Gasteiger partial charge in [-0.2, -0.15) is 13.7 Å². The summed E-state index contributed by atoms with van der Waals surface area (Å²) < 4.78 is 42.9. The molecule has 0 bridgehead atoms. The first-order valence-electron chi connectivity index (χ1n) is 11.4. The molecule has 8 nitrogen and oxygen atoms in total. The Hall–Kier alpha value is -4.55. The highest BCUT2D eigenvalue weighted by Gasteiger charge is 2.40. The molecule has 0 aromatic heterocycles. The number of benzene rings is 3. The Morgan fingerprint density at radius 3 is 2.32 bits per heavy atom. The SMILES string of the molecule is CCOC(=O)C1=C(c2ccccc2)OC(N)=C(C#N)C1c1ccccc1OS(=O)(=O)c1ccc(C)cc1. The van der Waals surface area contributed by atoms with Gasteiger partial charge in [-0.25, -0.2) is 4.79 Å². The van der Waals surface area contributed by atoms with Crippen LogP contribution in [0.5, 0.6) is 5.75 Å². The molecule has 9 heteroatoms. The molecule has 0 saturated carbocycles. The Labute approximate surface area is 215 Å². The first kappa shape index (κ1) is 25.5. The molecule has 3 aromatic rings. The van der Waals surface area contributed by atoms with E-state index in [1.807, 2.05) is 13.0 Å². The van der Waals surface area contributed by atoms with Gasteiger partial charge in [-0.1, -0.05) is 66.2 Å². The summed E-state index contributed by atoms with van der Waals surface area (Å²) in [5.41, 5.74) is 7.73. The lowest BCUT2D eigenvalue weighted by molar-refractivity contribution is -0.138. The van der Waals surface area contributed by atoms with Gasteiger partial charge >= 0.3 is 16.1 Å². The van der Waals surface area contributed by atoms with Gasteiger partial charge in [-0.15, -0.1) is 0 Å². The van der Waals surface area contributed by atoms with Crippen molar-refractivity contribution < 1.29 is 26.9 Å². The van der Waals surface area contributed by atoms with E-state index in [1.165, 1.54) is 18.2 Å². The van der Waals surface area contributed by atoms with E-state index in [0.29, 0.717) is 5.56 Å². The van der Waals surface area contributed by atoms with Crippen molar-refractivity contribution in [2.24, 2.45) is 5.73 Å². The summed E-state index contributed by atoms with van der Waals surface area (Å²) in [6.45, 7) is 3.56. The number of para-hydroxylation sites is 1. The predicted octanol–water partition coefficient (Wildman–Crippen LogP) is 4.54. The third-order valence-electron chi connectivity index (χ3n) is 5.69. The number of nitriles is 1. The molecule has 4 rings (SSSR count). The van der Waals surface area contributed by atoms with Gasteiger partial charge in [0.15, 0.2) is 0 Å². The van der Waals surface area contributed by atoms with Gasteiger partial charge in [0.05, 0.1) is 18.1 Å². The third kappa shape index (κ3) is 5.20. The standard InChI is InChI=1S/C28H24N2O6S/c1-3-34-28(31)25-24(22(17-29)27(30)35-26(25)19-9-5-4-6-10-19)21-11-7-8-12-23(21)36-37(32,33)20-15-13-18(2)14-16-20/h4-16,24H,3,30H2,1-2H3. The second-order valence-electron chi connectivity index (χ2n) is 8.14. The molecule has 0 saturated heterocycles. The predicted molar refractivity (Wildman–Crippen MR) is 136 cm³/mol. The molecule has 0 fully saturated rings. The van der Waals surface area contributed by atoms with Crippen molar-refractivity contribution in [1.82, 2.24) is 0 Å². The van der Waals surface area contributed by atoms with Gasteiger partial charge in [0.2, 0.25) is 5.88 Å². The van der Waals surface area contributed by atoms with Crippen LogP contribution in [0, 0.1) is 18.3 Å². The minimum absolute atomic E-state index is 0.00239. The Bertz CT molecular complexity index is 1540. The van der Waals surface area contributed by atoms with Crippen LogP contribution in [0.1, 0.15) is 29.5 Å². The van der Waals surface area contributed by atoms with Crippen LogP contribution in [0.2, 0.25) is 0 Å². The van der Waals surface area contributed by atoms with Crippen LogP contribution in [0.25, 0.3) is 5.76 Å². The molecular formula is C28H24N2O6S. The molecule has 0 aliphatic carbocycles. The highest BCUT2D eigenvalue weighted by Crippen LogP contribution is 2.45. The number of hydrogen-bond donors (Lipinski definition) is 1. The smallest absolute Gasteiger partial charge is 0.339 e. The number of allylic oxidation sites excluding steroid dienone is 1. The van der Waals surface area contributed by atoms with Crippen molar-refractivity contribution in [3.8, 4) is 11.8 Å². The quantitative estimate of drug-likeness (QED) is 0.358. The molecule has 1 aliphatic rings. The number of carbonyl (C=O) groups excluding carboxylic acids is 1. The fraction of sp³-hybridized carbons (Fsp3) is 0.143. The maximum absolute atomic E-state index is 13.3. The van der Waals surface area contributed by atoms with E-state index in [2.05, 4.69) is 0 Å². The van der Waals surface area contributed by atoms with Crippen LogP contribution >= 0.6 is 0 Å². The van der Waals surface area contributed by atoms with Gasteiger partial charge < -0.3 is 19.4 Å². The number of nitrogens with zero attached hydrogens (tertiary/aromatic N) is 1. The van der Waals surface area contributed by atoms with Gasteiger partial charge in [0.1, 0.15) is 28.0 Å². The number of aryl methyl sites for hydroxylation is 1. The Morgan fingerprint density at radius 1 is 1.03 bits per heavy atom. The number of esters is 1. The third-order valence-corrected chi connectivity index (χ3v) is 6.94. The van der Waals surface area contributed by atoms with Crippen LogP contribution < -0.4 is 9.92 Å². The summed E-state index contributed by atoms with van der Waals surface area (Å²) in [4.78, 5) is 13.3. The first-order chi connectivity index (χ1) is 17.8. The van der Waals surface area contributed by atoms with E-state index in [-0.39, 0.29) is 45.6 Å². The zero-order chi connectivity index (χ0) is 26.6. The normalized spacial score (nSPS) is 15.5. The van der Waals surface area contributed by atoms with Crippen LogP contribution in [0.3, 0.4) is 0 Å². The molecule has 0 radical (unpaired) electrons. The topological polar surface area (TPSA) is 129 Å². The van der Waals surface area contributed by atoms with Crippen molar-refractivity contribution in [2.45, 2.75) is 24.7 Å². The average molecular weight is 517 g/mol. The molecule has 188 valence electrons. The van der Waals surface area contributed by atoms with E-state index in [4.69, 9.17) is 19.4 Å². The molecular weight excluding hydrogens is 492 g/mol. The lowest BCUT2D eigenvalue weighted by Crippen LogP contribution is -2.26. The molecule has 1 unspecified atom stereocenters. The molecule has 0 spiro atoms. The fourth-order valence-electron chi connectivity index (χ4n) is 3.96. The summed E-state index contributed by atoms with van der Waals surface area (Å²) in [6.07, 6.45) is 0. The summed E-state index contributed by atoms with van der Waals surface area (Å²) in [5, 5.41) is 10.0. The second-order valence-corrected chi connectivity index (χ2v) is 9.69. The molecule has 3 aromatic carbocycles. The number of carbonyl (C=O) groups is 1. The fourth-order valence-corrected chi connectivity index (χ4v) is 4.91. The summed E-state index contributed by atoms with van der Waals surface area (Å²) in [6, 6.07) is 23.2. The van der Waals surface area contributed by atoms with E-state index in [9.17, 15) is 18.5 Å². The second kappa shape index (κ2) is 10.6. The average Bonchev–Trinajstić information content (AvgIpc) is 2.89. The van der Waals surface area contributed by atoms with Crippen LogP contribution in [0.15, 0.2) is 101 Å². The zero-order valence-electron chi connectivity index (χ0n) is 20.2. The van der Waals surface area contributed by atoms with Crippen molar-refractivity contribution in [2.75, 3.05) is 6.61 Å². The van der Waals surface area contributed by atoms with Gasteiger partial charge in [-0.05, 0) is 32.0 Å². The number of rotatable bonds is 7. The summed E-state index contributed by atoms with van der Waals surface area (Å²) in [7, 11) is -4.24. The summed E-state index contributed by atoms with van der Waals surface area (Å²) in [5.74, 6) is -2.02. The maximum Gasteiger partial charge on any atom is 0.339 e. The molecule has 1 heterocycles. The minimum atomic E-state index is -4.24. The van der Waals surface area contributed by atoms with Crippen molar-refractivity contribution >= 4 is 21.8 Å². The molecule has 1 aliphatic heterocycles. The largest absolute Gasteiger partial charge is 0.463 e. The van der Waals surface area contributed by atoms with E-state index in [0.717, 1.165) is 5.56 Å². The van der Waals surface area contributed by atoms with Crippen molar-refractivity contribution in [3.05, 3.63) is 113 Å². The number of ether oxygens (including phenoxy) is 2. The van der Waals surface area contributed by atoms with Gasteiger partial charge in [-0.3, -0.25) is 0 Å². The van der Waals surface area contributed by atoms with Gasteiger partial charge in [0.25, 0.3) is 0 Å². The lowest BCUT2D eigenvalue weighted by atomic mass is 9.81. The lowest BCUT2D eigenvalue weighted by Gasteiger charge is -2.29. The number of nitrogens with two attached hydrogens (primary N) is 1. The Balaban J connectivity index is 1.92. The van der Waals surface area contributed by atoms with E-state index in [1.54, 1.807) is 67.6 Å². The minimum Gasteiger partial charge on any atom is -0.463 e. The maximum atomic E-state index is 13.3. The Morgan fingerprint density at radius 2 is 1.68 bits per heavy atom. The molecule has 2 N–H and O–H groups in total. The Kier molecular flexibility index (Phi) is 7.32. The van der Waals surface area contributed by atoms with Crippen molar-refractivity contribution in [1.29, 1.82) is 5.26 Å². The molecule has 37 heavy (non-hydrogen) atoms. The van der Waals surface area contributed by atoms with Crippen LogP contribution in [-0.4, -0.2) is 21.0 Å². The van der Waals surface area contributed by atoms with Crippen LogP contribution in [0.4, 0.5) is 0 Å². The summed E-state index contributed by atoms with van der Waals surface area (Å²) >= 11 is 0. The van der Waals surface area contributed by atoms with E-state index < -0.39 is 22.0 Å². The van der Waals surface area contributed by atoms with Crippen molar-refractivity contribution in [3.63, 3.8) is 0 Å². The van der Waals surface area contributed by atoms with E-state index >= 15 is 0 Å². The zero-order valence-corrected chi connectivity index (χ0v) is 21.0. The monoisotopic (exact) mass is 516 g/mol. The highest BCUT2D eigenvalue weighted by molar-refractivity contribution is 7.87. The molecule has 0 amide bonds. The number of hydrogen-bond acceptors (Lipinski definition) is 8. The first-order valence-corrected chi connectivity index (χ1v) is 12.8. The molecule has 1 atom stereocenters. The van der Waals surface area contributed by atoms with Crippen LogP contribution in [-0.2, 0) is 24.4 Å².